The third kappa shape index (κ3) is 2.61. The largest absolute Gasteiger partial charge is 0.342 e. The first-order chi connectivity index (χ1) is 8.61. The number of anilines is 1. The van der Waals surface area contributed by atoms with Crippen molar-refractivity contribution >= 4 is 27.8 Å². The molecule has 0 atom stereocenters. The molecule has 2 aromatic heterocycles. The van der Waals surface area contributed by atoms with Crippen LogP contribution in [0.1, 0.15) is 23.8 Å². The van der Waals surface area contributed by atoms with Gasteiger partial charge in [-0.25, -0.2) is 4.68 Å². The van der Waals surface area contributed by atoms with E-state index in [9.17, 15) is 4.79 Å². The molecule has 0 saturated carbocycles. The van der Waals surface area contributed by atoms with Crippen molar-refractivity contribution in [3.63, 3.8) is 0 Å². The van der Waals surface area contributed by atoms with Gasteiger partial charge in [-0.1, -0.05) is 6.92 Å². The van der Waals surface area contributed by atoms with Gasteiger partial charge in [-0.05, 0) is 28.4 Å². The van der Waals surface area contributed by atoms with Gasteiger partial charge >= 0.3 is 0 Å². The summed E-state index contributed by atoms with van der Waals surface area (Å²) in [7, 11) is 1.73. The van der Waals surface area contributed by atoms with Gasteiger partial charge in [0, 0.05) is 24.3 Å². The third-order valence-electron chi connectivity index (χ3n) is 2.50. The quantitative estimate of drug-likeness (QED) is 0.939. The molecule has 0 radical (unpaired) electrons. The van der Waals surface area contributed by atoms with Crippen LogP contribution in [0.4, 0.5) is 5.95 Å². The SMILES string of the molecule is CCCn1cc(Br)cc1C(=O)Nc1ncnn1C. The van der Waals surface area contributed by atoms with E-state index in [0.717, 1.165) is 17.4 Å². The van der Waals surface area contributed by atoms with Crippen molar-refractivity contribution in [3.05, 3.63) is 28.8 Å². The van der Waals surface area contributed by atoms with E-state index in [1.165, 1.54) is 11.0 Å². The van der Waals surface area contributed by atoms with Gasteiger partial charge in [0.25, 0.3) is 5.91 Å². The summed E-state index contributed by atoms with van der Waals surface area (Å²) in [6.45, 7) is 2.87. The number of amides is 1. The highest BCUT2D eigenvalue weighted by Crippen LogP contribution is 2.16. The van der Waals surface area contributed by atoms with E-state index >= 15 is 0 Å². The number of aryl methyl sites for hydroxylation is 2. The predicted octanol–water partition coefficient (Wildman–Crippen LogP) is 2.04. The highest BCUT2D eigenvalue weighted by Gasteiger charge is 2.14. The van der Waals surface area contributed by atoms with Crippen molar-refractivity contribution in [2.45, 2.75) is 19.9 Å². The van der Waals surface area contributed by atoms with Crippen molar-refractivity contribution in [1.29, 1.82) is 0 Å². The summed E-state index contributed by atoms with van der Waals surface area (Å²) in [4.78, 5) is 16.1. The van der Waals surface area contributed by atoms with Crippen molar-refractivity contribution in [1.82, 2.24) is 19.3 Å². The molecular formula is C11H14BrN5O. The van der Waals surface area contributed by atoms with Gasteiger partial charge in [0.15, 0.2) is 0 Å². The Hall–Kier alpha value is -1.63. The Bertz CT molecular complexity index is 560. The molecule has 7 heteroatoms. The van der Waals surface area contributed by atoms with E-state index < -0.39 is 0 Å². The summed E-state index contributed by atoms with van der Waals surface area (Å²) >= 11 is 3.38. The highest BCUT2D eigenvalue weighted by molar-refractivity contribution is 9.10. The number of carbonyl (C=O) groups excluding carboxylic acids is 1. The zero-order valence-corrected chi connectivity index (χ0v) is 11.8. The average Bonchev–Trinajstić information content (AvgIpc) is 2.87. The van der Waals surface area contributed by atoms with Crippen molar-refractivity contribution in [2.75, 3.05) is 5.32 Å². The second kappa shape index (κ2) is 5.34. The van der Waals surface area contributed by atoms with Gasteiger partial charge in [-0.2, -0.15) is 10.1 Å². The van der Waals surface area contributed by atoms with E-state index in [0.29, 0.717) is 11.6 Å². The van der Waals surface area contributed by atoms with E-state index in [1.807, 2.05) is 10.8 Å². The lowest BCUT2D eigenvalue weighted by Gasteiger charge is -2.07. The van der Waals surface area contributed by atoms with Crippen LogP contribution in [0.25, 0.3) is 0 Å². The number of nitrogens with zero attached hydrogens (tertiary/aromatic N) is 4. The zero-order valence-electron chi connectivity index (χ0n) is 10.2. The molecule has 2 aromatic rings. The Labute approximate surface area is 113 Å². The van der Waals surface area contributed by atoms with Crippen LogP contribution in [0.3, 0.4) is 0 Å². The van der Waals surface area contributed by atoms with Gasteiger partial charge in [-0.15, -0.1) is 0 Å². The van der Waals surface area contributed by atoms with Crippen LogP contribution in [0.5, 0.6) is 0 Å². The minimum atomic E-state index is -0.190. The maximum atomic E-state index is 12.1. The van der Waals surface area contributed by atoms with E-state index in [-0.39, 0.29) is 5.91 Å². The van der Waals surface area contributed by atoms with Gasteiger partial charge in [0.1, 0.15) is 12.0 Å². The molecule has 0 fully saturated rings. The minimum absolute atomic E-state index is 0.190. The standard InChI is InChI=1S/C11H14BrN5O/c1-3-4-17-6-8(12)5-9(17)10(18)15-11-13-7-14-16(11)2/h5-7H,3-4H2,1-2H3,(H,13,14,15,18). The second-order valence-electron chi connectivity index (χ2n) is 3.90. The summed E-state index contributed by atoms with van der Waals surface area (Å²) < 4.78 is 4.31. The van der Waals surface area contributed by atoms with Crippen LogP contribution < -0.4 is 5.32 Å². The lowest BCUT2D eigenvalue weighted by molar-refractivity contribution is 0.101. The van der Waals surface area contributed by atoms with Gasteiger partial charge < -0.3 is 4.57 Å². The van der Waals surface area contributed by atoms with Crippen molar-refractivity contribution in [3.8, 4) is 0 Å². The molecule has 0 aliphatic heterocycles. The first-order valence-corrected chi connectivity index (χ1v) is 6.42. The number of hydrogen-bond acceptors (Lipinski definition) is 3. The fourth-order valence-corrected chi connectivity index (χ4v) is 2.13. The monoisotopic (exact) mass is 311 g/mol. The Balaban J connectivity index is 2.21. The number of nitrogens with one attached hydrogen (secondary N) is 1. The van der Waals surface area contributed by atoms with Gasteiger partial charge in [0.2, 0.25) is 5.95 Å². The Morgan fingerprint density at radius 1 is 1.56 bits per heavy atom. The molecule has 2 rings (SSSR count). The Morgan fingerprint density at radius 3 is 2.94 bits per heavy atom. The fourth-order valence-electron chi connectivity index (χ4n) is 1.67. The van der Waals surface area contributed by atoms with Crippen molar-refractivity contribution < 1.29 is 4.79 Å². The smallest absolute Gasteiger partial charge is 0.274 e. The van der Waals surface area contributed by atoms with Crippen LogP contribution in [-0.4, -0.2) is 25.2 Å². The zero-order chi connectivity index (χ0) is 13.1. The number of aromatic nitrogens is 4. The fraction of sp³-hybridized carbons (Fsp3) is 0.364. The normalized spacial score (nSPS) is 10.6. The van der Waals surface area contributed by atoms with Crippen LogP contribution in [0.15, 0.2) is 23.1 Å². The van der Waals surface area contributed by atoms with Crippen LogP contribution in [0.2, 0.25) is 0 Å². The van der Waals surface area contributed by atoms with Gasteiger partial charge in [-0.3, -0.25) is 10.1 Å². The molecule has 0 unspecified atom stereocenters. The molecule has 0 aliphatic rings. The lowest BCUT2D eigenvalue weighted by atomic mass is 10.4. The average molecular weight is 312 g/mol. The second-order valence-corrected chi connectivity index (χ2v) is 4.81. The minimum Gasteiger partial charge on any atom is -0.342 e. The van der Waals surface area contributed by atoms with Crippen LogP contribution >= 0.6 is 15.9 Å². The Kier molecular flexibility index (Phi) is 3.81. The molecule has 0 saturated heterocycles. The molecule has 0 aliphatic carbocycles. The van der Waals surface area contributed by atoms with Crippen LogP contribution in [0, 0.1) is 0 Å². The molecule has 0 aromatic carbocycles. The first kappa shape index (κ1) is 12.8. The molecule has 1 N–H and O–H groups in total. The molecule has 2 heterocycles. The summed E-state index contributed by atoms with van der Waals surface area (Å²) in [5.41, 5.74) is 0.603. The summed E-state index contributed by atoms with van der Waals surface area (Å²) in [5, 5.41) is 6.63. The summed E-state index contributed by atoms with van der Waals surface area (Å²) in [6, 6.07) is 1.79. The first-order valence-electron chi connectivity index (χ1n) is 5.63. The molecule has 18 heavy (non-hydrogen) atoms. The van der Waals surface area contributed by atoms with E-state index in [4.69, 9.17) is 0 Å². The van der Waals surface area contributed by atoms with Crippen LogP contribution in [-0.2, 0) is 13.6 Å². The summed E-state index contributed by atoms with van der Waals surface area (Å²) in [6.07, 6.45) is 4.26. The lowest BCUT2D eigenvalue weighted by Crippen LogP contribution is -2.19. The molecule has 0 spiro atoms. The number of carbonyl (C=O) groups is 1. The number of hydrogen-bond donors (Lipinski definition) is 1. The molecule has 96 valence electrons. The predicted molar refractivity (Wildman–Crippen MR) is 71.4 cm³/mol. The third-order valence-corrected chi connectivity index (χ3v) is 2.93. The molecule has 1 amide bonds. The van der Waals surface area contributed by atoms with Gasteiger partial charge in [0.05, 0.1) is 0 Å². The molecule has 6 nitrogen and oxygen atoms in total. The van der Waals surface area contributed by atoms with E-state index in [2.05, 4.69) is 38.3 Å². The number of halogens is 1. The maximum Gasteiger partial charge on any atom is 0.274 e. The van der Waals surface area contributed by atoms with Crippen molar-refractivity contribution in [2.24, 2.45) is 7.05 Å². The molecule has 0 bridgehead atoms. The Morgan fingerprint density at radius 2 is 2.33 bits per heavy atom. The highest BCUT2D eigenvalue weighted by atomic mass is 79.9. The molecular weight excluding hydrogens is 298 g/mol. The number of rotatable bonds is 4. The maximum absolute atomic E-state index is 12.1. The van der Waals surface area contributed by atoms with E-state index in [1.54, 1.807) is 13.1 Å². The summed E-state index contributed by atoms with van der Waals surface area (Å²) in [5.74, 6) is 0.241. The topological polar surface area (TPSA) is 64.7 Å².